The van der Waals surface area contributed by atoms with Crippen molar-refractivity contribution < 1.29 is 21.6 Å². The van der Waals surface area contributed by atoms with Gasteiger partial charge in [0.05, 0.1) is 43.5 Å². The molecular weight excluding hydrogens is 484 g/mol. The molecule has 0 bridgehead atoms. The van der Waals surface area contributed by atoms with Crippen LogP contribution < -0.4 is 4.31 Å². The monoisotopic (exact) mass is 494 g/mol. The van der Waals surface area contributed by atoms with Gasteiger partial charge in [-0.3, -0.25) is 9.29 Å². The summed E-state index contributed by atoms with van der Waals surface area (Å²) in [5.41, 5.74) is -1.19. The molecule has 0 saturated carbocycles. The van der Waals surface area contributed by atoms with Crippen LogP contribution in [-0.2, 0) is 22.7 Å². The fourth-order valence-electron chi connectivity index (χ4n) is 2.60. The Labute approximate surface area is 185 Å². The van der Waals surface area contributed by atoms with Crippen LogP contribution in [0.1, 0.15) is 11.3 Å². The normalized spacial score (nSPS) is 12.1. The summed E-state index contributed by atoms with van der Waals surface area (Å²) < 4.78 is 66.3. The van der Waals surface area contributed by atoms with E-state index in [1.54, 1.807) is 6.07 Å². The molecule has 0 amide bonds. The van der Waals surface area contributed by atoms with Gasteiger partial charge in [0.1, 0.15) is 0 Å². The van der Waals surface area contributed by atoms with E-state index in [1.165, 1.54) is 42.5 Å². The highest BCUT2D eigenvalue weighted by molar-refractivity contribution is 7.92. The van der Waals surface area contributed by atoms with Gasteiger partial charge >= 0.3 is 6.18 Å². The second kappa shape index (κ2) is 8.63. The molecule has 11 heteroatoms. The molecule has 0 unspecified atom stereocenters. The predicted molar refractivity (Wildman–Crippen MR) is 111 cm³/mol. The highest BCUT2D eigenvalue weighted by Crippen LogP contribution is 2.39. The zero-order chi connectivity index (χ0) is 22.1. The van der Waals surface area contributed by atoms with E-state index in [2.05, 4.69) is 4.98 Å². The summed E-state index contributed by atoms with van der Waals surface area (Å²) in [6.07, 6.45) is -4.06. The number of benzene rings is 2. The Bertz CT molecular complexity index is 1150. The van der Waals surface area contributed by atoms with Gasteiger partial charge < -0.3 is 0 Å². The van der Waals surface area contributed by atoms with Gasteiger partial charge in [0, 0.05) is 6.20 Å². The zero-order valence-corrected chi connectivity index (χ0v) is 18.0. The molecule has 3 rings (SSSR count). The number of sulfonamides is 1. The Balaban J connectivity index is 2.15. The van der Waals surface area contributed by atoms with Crippen molar-refractivity contribution in [3.05, 3.63) is 87.1 Å². The molecule has 4 nitrogen and oxygen atoms in total. The van der Waals surface area contributed by atoms with E-state index in [9.17, 15) is 21.6 Å². The van der Waals surface area contributed by atoms with Gasteiger partial charge in [-0.1, -0.05) is 59.1 Å². The smallest absolute Gasteiger partial charge is 0.257 e. The number of anilines is 1. The molecule has 3 aromatic rings. The van der Waals surface area contributed by atoms with Gasteiger partial charge in [0.15, 0.2) is 0 Å². The number of hydrogen-bond acceptors (Lipinski definition) is 3. The van der Waals surface area contributed by atoms with E-state index in [0.29, 0.717) is 12.3 Å². The third kappa shape index (κ3) is 4.67. The molecule has 0 aliphatic rings. The van der Waals surface area contributed by atoms with E-state index in [-0.39, 0.29) is 31.3 Å². The van der Waals surface area contributed by atoms with Crippen LogP contribution in [0.4, 0.5) is 18.9 Å². The maximum absolute atomic E-state index is 13.3. The Morgan fingerprint density at radius 3 is 2.03 bits per heavy atom. The van der Waals surface area contributed by atoms with Crippen LogP contribution in [0.25, 0.3) is 0 Å². The van der Waals surface area contributed by atoms with Crippen molar-refractivity contribution in [2.24, 2.45) is 0 Å². The molecule has 0 fully saturated rings. The standard InChI is InChI=1S/C19H12Cl3F3N2O2S/c20-14-7-4-8-15(21)18(14)27(30(28,29)13-5-2-1-3-6-13)11-17-16(22)9-12(10-26-17)19(23,24)25/h1-10H,11H2. The number of para-hydroxylation sites is 1. The molecule has 0 N–H and O–H groups in total. The van der Waals surface area contributed by atoms with Crippen LogP contribution >= 0.6 is 34.8 Å². The molecule has 1 aromatic heterocycles. The quantitative estimate of drug-likeness (QED) is 0.408. The van der Waals surface area contributed by atoms with Crippen LogP contribution in [0.2, 0.25) is 15.1 Å². The third-order valence-corrected chi connectivity index (χ3v) is 6.75. The zero-order valence-electron chi connectivity index (χ0n) is 14.9. The molecule has 0 aliphatic heterocycles. The summed E-state index contributed by atoms with van der Waals surface area (Å²) in [6.45, 7) is -0.488. The number of halogens is 6. The predicted octanol–water partition coefficient (Wildman–Crippen LogP) is 6.46. The van der Waals surface area contributed by atoms with Crippen molar-refractivity contribution in [3.8, 4) is 0 Å². The minimum absolute atomic E-state index is 0.0324. The van der Waals surface area contributed by atoms with Crippen LogP contribution in [-0.4, -0.2) is 13.4 Å². The first-order valence-corrected chi connectivity index (χ1v) is 10.8. The van der Waals surface area contributed by atoms with E-state index < -0.39 is 28.3 Å². The molecule has 2 aromatic carbocycles. The van der Waals surface area contributed by atoms with Gasteiger partial charge in [0.2, 0.25) is 0 Å². The fraction of sp³-hybridized carbons (Fsp3) is 0.105. The average molecular weight is 496 g/mol. The first-order chi connectivity index (χ1) is 14.0. The van der Waals surface area contributed by atoms with Gasteiger partial charge in [-0.25, -0.2) is 8.42 Å². The third-order valence-electron chi connectivity index (χ3n) is 4.06. The molecule has 0 aliphatic carbocycles. The minimum Gasteiger partial charge on any atom is -0.257 e. The summed E-state index contributed by atoms with van der Waals surface area (Å²) in [4.78, 5) is 3.67. The van der Waals surface area contributed by atoms with Crippen molar-refractivity contribution in [1.29, 1.82) is 0 Å². The highest BCUT2D eigenvalue weighted by Gasteiger charge is 2.33. The topological polar surface area (TPSA) is 50.3 Å². The number of rotatable bonds is 5. The number of alkyl halides is 3. The van der Waals surface area contributed by atoms with Gasteiger partial charge in [0.25, 0.3) is 10.0 Å². The molecule has 0 atom stereocenters. The second-order valence-electron chi connectivity index (χ2n) is 6.05. The lowest BCUT2D eigenvalue weighted by atomic mass is 10.2. The summed E-state index contributed by atoms with van der Waals surface area (Å²) >= 11 is 18.4. The van der Waals surface area contributed by atoms with E-state index >= 15 is 0 Å². The van der Waals surface area contributed by atoms with Crippen LogP contribution in [0.15, 0.2) is 65.7 Å². The molecule has 30 heavy (non-hydrogen) atoms. The number of nitrogens with zero attached hydrogens (tertiary/aromatic N) is 2. The summed E-state index contributed by atoms with van der Waals surface area (Å²) in [7, 11) is -4.21. The summed E-state index contributed by atoms with van der Waals surface area (Å²) in [5.74, 6) is 0. The van der Waals surface area contributed by atoms with Crippen molar-refractivity contribution in [2.45, 2.75) is 17.6 Å². The number of hydrogen-bond donors (Lipinski definition) is 0. The first kappa shape index (κ1) is 22.7. The lowest BCUT2D eigenvalue weighted by molar-refractivity contribution is -0.137. The Hall–Kier alpha value is -2.00. The number of pyridine rings is 1. The minimum atomic E-state index is -4.64. The maximum Gasteiger partial charge on any atom is 0.417 e. The van der Waals surface area contributed by atoms with Crippen LogP contribution in [0.5, 0.6) is 0 Å². The van der Waals surface area contributed by atoms with Crippen molar-refractivity contribution in [1.82, 2.24) is 4.98 Å². The van der Waals surface area contributed by atoms with Gasteiger partial charge in [-0.05, 0) is 30.3 Å². The summed E-state index contributed by atoms with van der Waals surface area (Å²) in [6, 6.07) is 12.5. The number of aromatic nitrogens is 1. The molecule has 0 saturated heterocycles. The molecular formula is C19H12Cl3F3N2O2S. The van der Waals surface area contributed by atoms with Crippen molar-refractivity contribution >= 4 is 50.5 Å². The molecule has 1 heterocycles. The molecule has 0 spiro atoms. The molecule has 0 radical (unpaired) electrons. The summed E-state index contributed by atoms with van der Waals surface area (Å²) in [5, 5.41) is -0.281. The van der Waals surface area contributed by atoms with Crippen LogP contribution in [0, 0.1) is 0 Å². The Morgan fingerprint density at radius 1 is 0.900 bits per heavy atom. The van der Waals surface area contributed by atoms with E-state index in [4.69, 9.17) is 34.8 Å². The largest absolute Gasteiger partial charge is 0.417 e. The highest BCUT2D eigenvalue weighted by atomic mass is 35.5. The second-order valence-corrected chi connectivity index (χ2v) is 9.13. The molecule has 158 valence electrons. The Morgan fingerprint density at radius 2 is 1.50 bits per heavy atom. The maximum atomic E-state index is 13.3. The fourth-order valence-corrected chi connectivity index (χ4v) is 5.02. The average Bonchev–Trinajstić information content (AvgIpc) is 2.68. The van der Waals surface area contributed by atoms with Gasteiger partial charge in [-0.2, -0.15) is 13.2 Å². The van der Waals surface area contributed by atoms with Crippen LogP contribution in [0.3, 0.4) is 0 Å². The van der Waals surface area contributed by atoms with Crippen molar-refractivity contribution in [3.63, 3.8) is 0 Å². The van der Waals surface area contributed by atoms with Gasteiger partial charge in [-0.15, -0.1) is 0 Å². The van der Waals surface area contributed by atoms with E-state index in [0.717, 1.165) is 4.31 Å². The van der Waals surface area contributed by atoms with Crippen molar-refractivity contribution in [2.75, 3.05) is 4.31 Å². The lowest BCUT2D eigenvalue weighted by Gasteiger charge is -2.26. The SMILES string of the molecule is O=S(=O)(c1ccccc1)N(Cc1ncc(C(F)(F)F)cc1Cl)c1c(Cl)cccc1Cl. The Kier molecular flexibility index (Phi) is 6.52. The first-order valence-electron chi connectivity index (χ1n) is 8.25. The van der Waals surface area contributed by atoms with E-state index in [1.807, 2.05) is 0 Å². The lowest BCUT2D eigenvalue weighted by Crippen LogP contribution is -2.31.